The van der Waals surface area contributed by atoms with E-state index < -0.39 is 0 Å². The third-order valence-corrected chi connectivity index (χ3v) is 5.70. The maximum atomic E-state index is 12.3. The lowest BCUT2D eigenvalue weighted by atomic mass is 10.1. The summed E-state index contributed by atoms with van der Waals surface area (Å²) < 4.78 is 13.4. The van der Waals surface area contributed by atoms with E-state index in [9.17, 15) is 4.79 Å². The van der Waals surface area contributed by atoms with Gasteiger partial charge in [-0.05, 0) is 80.1 Å². The highest BCUT2D eigenvalue weighted by atomic mass is 35.5. The molecule has 0 N–H and O–H groups in total. The molecule has 0 atom stereocenters. The van der Waals surface area contributed by atoms with Crippen LogP contribution in [0.3, 0.4) is 0 Å². The summed E-state index contributed by atoms with van der Waals surface area (Å²) in [6.45, 7) is 4.53. The van der Waals surface area contributed by atoms with Crippen LogP contribution in [0.25, 0.3) is 16.9 Å². The average Bonchev–Trinajstić information content (AvgIpc) is 3.20. The molecule has 0 aliphatic heterocycles. The number of hydrogen-bond acceptors (Lipinski definition) is 3. The molecule has 1 aromatic heterocycles. The normalized spacial score (nSPS) is 10.8. The Morgan fingerprint density at radius 2 is 1.67 bits per heavy atom. The van der Waals surface area contributed by atoms with Crippen LogP contribution in [0.1, 0.15) is 28.5 Å². The molecule has 4 nitrogen and oxygen atoms in total. The van der Waals surface area contributed by atoms with Gasteiger partial charge in [-0.15, -0.1) is 0 Å². The van der Waals surface area contributed by atoms with Crippen molar-refractivity contribution in [3.8, 4) is 22.7 Å². The topological polar surface area (TPSA) is 40.5 Å². The van der Waals surface area contributed by atoms with Crippen molar-refractivity contribution in [2.75, 3.05) is 6.61 Å². The van der Waals surface area contributed by atoms with Crippen molar-refractivity contribution in [1.82, 2.24) is 4.57 Å². The lowest BCUT2D eigenvalue weighted by Gasteiger charge is -2.17. The first-order valence-electron chi connectivity index (χ1n) is 10.6. The number of esters is 1. The van der Waals surface area contributed by atoms with E-state index in [1.807, 2.05) is 79.7 Å². The molecule has 33 heavy (non-hydrogen) atoms. The lowest BCUT2D eigenvalue weighted by Crippen LogP contribution is -2.07. The molecule has 0 aliphatic carbocycles. The molecule has 0 bridgehead atoms. The molecular formula is C27H23Cl2NO3. The fourth-order valence-electron chi connectivity index (χ4n) is 3.65. The van der Waals surface area contributed by atoms with Crippen LogP contribution in [0.2, 0.25) is 10.0 Å². The van der Waals surface area contributed by atoms with Crippen molar-refractivity contribution in [1.29, 1.82) is 0 Å². The van der Waals surface area contributed by atoms with Crippen LogP contribution in [-0.4, -0.2) is 17.1 Å². The number of rotatable bonds is 7. The van der Waals surface area contributed by atoms with E-state index in [1.54, 1.807) is 13.0 Å². The van der Waals surface area contributed by atoms with Gasteiger partial charge in [0.1, 0.15) is 12.4 Å². The van der Waals surface area contributed by atoms with E-state index in [2.05, 4.69) is 4.57 Å². The standard InChI is InChI=1S/C27H23Cl2NO3/c1-3-32-27(31)20-5-4-6-23(15-20)30-18(2)7-13-25(30)24-16-22(29)12-14-26(24)33-17-19-8-10-21(28)11-9-19/h4-16H,3,17H2,1-2H3. The van der Waals surface area contributed by atoms with Crippen molar-refractivity contribution >= 4 is 29.2 Å². The molecule has 0 fully saturated rings. The highest BCUT2D eigenvalue weighted by molar-refractivity contribution is 6.31. The van der Waals surface area contributed by atoms with Crippen LogP contribution >= 0.6 is 23.2 Å². The van der Waals surface area contributed by atoms with Gasteiger partial charge >= 0.3 is 5.97 Å². The summed E-state index contributed by atoms with van der Waals surface area (Å²) in [6.07, 6.45) is 0. The first-order chi connectivity index (χ1) is 16.0. The molecule has 0 radical (unpaired) electrons. The third-order valence-electron chi connectivity index (χ3n) is 5.22. The second-order valence-electron chi connectivity index (χ2n) is 7.52. The Labute approximate surface area is 203 Å². The van der Waals surface area contributed by atoms with Crippen LogP contribution < -0.4 is 4.74 Å². The van der Waals surface area contributed by atoms with E-state index in [-0.39, 0.29) is 5.97 Å². The predicted octanol–water partition coefficient (Wildman–Crippen LogP) is 7.52. The molecule has 3 aromatic carbocycles. The summed E-state index contributed by atoms with van der Waals surface area (Å²) in [5.41, 5.74) is 5.12. The van der Waals surface area contributed by atoms with Gasteiger partial charge in [0.15, 0.2) is 0 Å². The highest BCUT2D eigenvalue weighted by Crippen LogP contribution is 2.36. The quantitative estimate of drug-likeness (QED) is 0.257. The largest absolute Gasteiger partial charge is 0.488 e. The second kappa shape index (κ2) is 10.2. The number of hydrogen-bond donors (Lipinski definition) is 0. The number of carbonyl (C=O) groups excluding carboxylic acids is 1. The Balaban J connectivity index is 1.72. The lowest BCUT2D eigenvalue weighted by molar-refractivity contribution is 0.0526. The van der Waals surface area contributed by atoms with Gasteiger partial charge in [-0.1, -0.05) is 41.4 Å². The molecule has 0 aliphatic rings. The van der Waals surface area contributed by atoms with E-state index in [0.717, 1.165) is 28.2 Å². The van der Waals surface area contributed by atoms with E-state index >= 15 is 0 Å². The van der Waals surface area contributed by atoms with Crippen molar-refractivity contribution < 1.29 is 14.3 Å². The molecule has 1 heterocycles. The summed E-state index contributed by atoms with van der Waals surface area (Å²) in [4.78, 5) is 12.3. The summed E-state index contributed by atoms with van der Waals surface area (Å²) in [5, 5.41) is 1.29. The maximum Gasteiger partial charge on any atom is 0.338 e. The Hall–Kier alpha value is -3.21. The number of aryl methyl sites for hydroxylation is 1. The van der Waals surface area contributed by atoms with Gasteiger partial charge in [-0.25, -0.2) is 4.79 Å². The highest BCUT2D eigenvalue weighted by Gasteiger charge is 2.16. The predicted molar refractivity (Wildman–Crippen MR) is 133 cm³/mol. The second-order valence-corrected chi connectivity index (χ2v) is 8.39. The van der Waals surface area contributed by atoms with Crippen molar-refractivity contribution in [2.45, 2.75) is 20.5 Å². The van der Waals surface area contributed by atoms with Gasteiger partial charge in [0.05, 0.1) is 17.9 Å². The first-order valence-corrected chi connectivity index (χ1v) is 11.3. The number of benzene rings is 3. The Kier molecular flexibility index (Phi) is 7.07. The van der Waals surface area contributed by atoms with Gasteiger partial charge < -0.3 is 14.0 Å². The average molecular weight is 480 g/mol. The summed E-state index contributed by atoms with van der Waals surface area (Å²) in [6, 6.07) is 24.5. The van der Waals surface area contributed by atoms with Crippen LogP contribution in [0, 0.1) is 6.92 Å². The molecule has 4 rings (SSSR count). The van der Waals surface area contributed by atoms with E-state index in [1.165, 1.54) is 0 Å². The minimum atomic E-state index is -0.347. The summed E-state index contributed by atoms with van der Waals surface area (Å²) >= 11 is 12.4. The molecule has 4 aromatic rings. The number of ether oxygens (including phenoxy) is 2. The fourth-order valence-corrected chi connectivity index (χ4v) is 3.95. The molecule has 0 saturated carbocycles. The molecule has 0 spiro atoms. The van der Waals surface area contributed by atoms with Crippen LogP contribution in [-0.2, 0) is 11.3 Å². The van der Waals surface area contributed by atoms with Crippen molar-refractivity contribution in [3.63, 3.8) is 0 Å². The zero-order chi connectivity index (χ0) is 23.4. The van der Waals surface area contributed by atoms with Crippen LogP contribution in [0.4, 0.5) is 0 Å². The van der Waals surface area contributed by atoms with Gasteiger partial charge in [0, 0.05) is 27.0 Å². The van der Waals surface area contributed by atoms with E-state index in [0.29, 0.717) is 34.6 Å². The zero-order valence-electron chi connectivity index (χ0n) is 18.3. The molecule has 6 heteroatoms. The number of carbonyl (C=O) groups is 1. The van der Waals surface area contributed by atoms with Crippen molar-refractivity contribution in [2.24, 2.45) is 0 Å². The molecular weight excluding hydrogens is 457 g/mol. The van der Waals surface area contributed by atoms with Gasteiger partial charge in [0.25, 0.3) is 0 Å². The van der Waals surface area contributed by atoms with Crippen LogP contribution in [0.15, 0.2) is 78.9 Å². The summed E-state index contributed by atoms with van der Waals surface area (Å²) in [5.74, 6) is 0.357. The van der Waals surface area contributed by atoms with Gasteiger partial charge in [0.2, 0.25) is 0 Å². The van der Waals surface area contributed by atoms with Gasteiger partial charge in [-0.2, -0.15) is 0 Å². The maximum absolute atomic E-state index is 12.3. The van der Waals surface area contributed by atoms with Crippen molar-refractivity contribution in [3.05, 3.63) is 106 Å². The monoisotopic (exact) mass is 479 g/mol. The molecule has 0 unspecified atom stereocenters. The minimum absolute atomic E-state index is 0.327. The number of nitrogens with zero attached hydrogens (tertiary/aromatic N) is 1. The first kappa shape index (κ1) is 23.0. The van der Waals surface area contributed by atoms with Gasteiger partial charge in [-0.3, -0.25) is 0 Å². The third kappa shape index (κ3) is 5.24. The van der Waals surface area contributed by atoms with Crippen LogP contribution in [0.5, 0.6) is 5.75 Å². The molecule has 0 saturated heterocycles. The Morgan fingerprint density at radius 1 is 0.909 bits per heavy atom. The Bertz CT molecular complexity index is 1280. The Morgan fingerprint density at radius 3 is 2.42 bits per heavy atom. The molecule has 168 valence electrons. The summed E-state index contributed by atoms with van der Waals surface area (Å²) in [7, 11) is 0. The number of halogens is 2. The SMILES string of the molecule is CCOC(=O)c1cccc(-n2c(C)ccc2-c2cc(Cl)ccc2OCc2ccc(Cl)cc2)c1. The number of aromatic nitrogens is 1. The zero-order valence-corrected chi connectivity index (χ0v) is 19.9. The molecule has 0 amide bonds. The minimum Gasteiger partial charge on any atom is -0.488 e. The smallest absolute Gasteiger partial charge is 0.338 e. The fraction of sp³-hybridized carbons (Fsp3) is 0.148. The van der Waals surface area contributed by atoms with E-state index in [4.69, 9.17) is 32.7 Å².